The van der Waals surface area contributed by atoms with Crippen molar-refractivity contribution in [2.45, 2.75) is 45.3 Å². The molecule has 0 spiro atoms. The van der Waals surface area contributed by atoms with Gasteiger partial charge < -0.3 is 15.5 Å². The number of nitrogens with one attached hydrogen (secondary N) is 1. The van der Waals surface area contributed by atoms with E-state index in [9.17, 15) is 0 Å². The minimum Gasteiger partial charge on any atom is -0.417 e. The highest BCUT2D eigenvalue weighted by atomic mass is 28.4. The predicted octanol–water partition coefficient (Wildman–Crippen LogP) is 2.88. The van der Waals surface area contributed by atoms with Crippen molar-refractivity contribution in [3.63, 3.8) is 0 Å². The van der Waals surface area contributed by atoms with E-state index in [0.29, 0.717) is 11.5 Å². The van der Waals surface area contributed by atoms with E-state index in [0.717, 1.165) is 19.6 Å². The highest BCUT2D eigenvalue weighted by molar-refractivity contribution is 6.74. The Morgan fingerprint density at radius 3 is 2.63 bits per heavy atom. The Bertz CT molecular complexity index is 404. The number of hydrogen-bond acceptors (Lipinski definition) is 5. The fraction of sp³-hybridized carbons (Fsp3) is 0.692. The summed E-state index contributed by atoms with van der Waals surface area (Å²) in [6.07, 6.45) is 4.03. The molecular formula is C13H26N4OSi. The smallest absolute Gasteiger partial charge is 0.191 e. The van der Waals surface area contributed by atoms with E-state index in [1.165, 1.54) is 6.33 Å². The van der Waals surface area contributed by atoms with Crippen molar-refractivity contribution in [1.29, 1.82) is 0 Å². The Kier molecular flexibility index (Phi) is 5.31. The maximum absolute atomic E-state index is 6.10. The van der Waals surface area contributed by atoms with Gasteiger partial charge in [0.2, 0.25) is 0 Å². The van der Waals surface area contributed by atoms with Crippen LogP contribution < -0.4 is 11.1 Å². The van der Waals surface area contributed by atoms with Gasteiger partial charge in [-0.3, -0.25) is 0 Å². The Morgan fingerprint density at radius 2 is 2.05 bits per heavy atom. The third-order valence-electron chi connectivity index (χ3n) is 3.62. The van der Waals surface area contributed by atoms with E-state index < -0.39 is 8.32 Å². The summed E-state index contributed by atoms with van der Waals surface area (Å²) in [5.41, 5.74) is 6.33. The van der Waals surface area contributed by atoms with Crippen molar-refractivity contribution in [2.75, 3.05) is 24.2 Å². The fourth-order valence-electron chi connectivity index (χ4n) is 1.31. The van der Waals surface area contributed by atoms with Crippen LogP contribution in [0.4, 0.5) is 11.5 Å². The zero-order valence-corrected chi connectivity index (χ0v) is 13.7. The van der Waals surface area contributed by atoms with Crippen LogP contribution in [-0.4, -0.2) is 31.4 Å². The molecule has 3 N–H and O–H groups in total. The van der Waals surface area contributed by atoms with E-state index in [2.05, 4.69) is 49.1 Å². The van der Waals surface area contributed by atoms with Crippen molar-refractivity contribution in [3.05, 3.63) is 12.5 Å². The summed E-state index contributed by atoms with van der Waals surface area (Å²) in [5.74, 6) is 0.697. The van der Waals surface area contributed by atoms with Gasteiger partial charge in [0.25, 0.3) is 0 Å². The number of nitrogens with two attached hydrogens (primary N) is 1. The maximum atomic E-state index is 6.10. The average Bonchev–Trinajstić information content (AvgIpc) is 2.29. The zero-order chi connectivity index (χ0) is 14.5. The summed E-state index contributed by atoms with van der Waals surface area (Å²) in [6.45, 7) is 12.9. The molecular weight excluding hydrogens is 256 g/mol. The molecule has 0 amide bonds. The highest BCUT2D eigenvalue weighted by Crippen LogP contribution is 2.36. The number of hydrogen-bond donors (Lipinski definition) is 2. The van der Waals surface area contributed by atoms with Crippen LogP contribution >= 0.6 is 0 Å². The van der Waals surface area contributed by atoms with Gasteiger partial charge >= 0.3 is 0 Å². The molecule has 0 saturated carbocycles. The lowest BCUT2D eigenvalue weighted by molar-refractivity contribution is 0.286. The van der Waals surface area contributed by atoms with Gasteiger partial charge in [0.05, 0.1) is 11.9 Å². The van der Waals surface area contributed by atoms with Crippen LogP contribution in [0.15, 0.2) is 12.5 Å². The van der Waals surface area contributed by atoms with Gasteiger partial charge in [0.1, 0.15) is 6.33 Å². The molecule has 0 aliphatic carbocycles. The first-order chi connectivity index (χ1) is 8.74. The lowest BCUT2D eigenvalue weighted by atomic mass is 10.2. The van der Waals surface area contributed by atoms with E-state index in [1.807, 2.05) is 0 Å². The van der Waals surface area contributed by atoms with Gasteiger partial charge in [-0.2, -0.15) is 0 Å². The quantitative estimate of drug-likeness (QED) is 0.620. The molecule has 1 aromatic heterocycles. The minimum atomic E-state index is -1.62. The van der Waals surface area contributed by atoms with Gasteiger partial charge in [0, 0.05) is 13.2 Å². The van der Waals surface area contributed by atoms with Crippen LogP contribution in [-0.2, 0) is 4.43 Å². The molecule has 0 aliphatic rings. The highest BCUT2D eigenvalue weighted by Gasteiger charge is 2.36. The summed E-state index contributed by atoms with van der Waals surface area (Å²) in [4.78, 5) is 7.94. The Labute approximate surface area is 117 Å². The molecule has 1 heterocycles. The van der Waals surface area contributed by atoms with E-state index >= 15 is 0 Å². The van der Waals surface area contributed by atoms with Gasteiger partial charge in [-0.15, -0.1) is 0 Å². The fourth-order valence-corrected chi connectivity index (χ4v) is 2.40. The van der Waals surface area contributed by atoms with Crippen molar-refractivity contribution < 1.29 is 4.43 Å². The molecule has 1 aromatic rings. The topological polar surface area (TPSA) is 73.1 Å². The van der Waals surface area contributed by atoms with Crippen molar-refractivity contribution in [1.82, 2.24) is 9.97 Å². The van der Waals surface area contributed by atoms with E-state index in [1.54, 1.807) is 6.20 Å². The second-order valence-corrected chi connectivity index (χ2v) is 11.0. The second-order valence-electron chi connectivity index (χ2n) is 6.22. The summed E-state index contributed by atoms with van der Waals surface area (Å²) in [6, 6.07) is 0. The van der Waals surface area contributed by atoms with Crippen LogP contribution in [0.5, 0.6) is 0 Å². The summed E-state index contributed by atoms with van der Waals surface area (Å²) in [7, 11) is -1.62. The molecule has 0 saturated heterocycles. The molecule has 6 heteroatoms. The largest absolute Gasteiger partial charge is 0.417 e. The Balaban J connectivity index is 2.28. The summed E-state index contributed by atoms with van der Waals surface area (Å²) >= 11 is 0. The number of nitrogens with zero attached hydrogens (tertiary/aromatic N) is 2. The first kappa shape index (κ1) is 15.9. The molecule has 0 fully saturated rings. The van der Waals surface area contributed by atoms with Crippen LogP contribution in [0, 0.1) is 0 Å². The number of aromatic nitrogens is 2. The molecule has 108 valence electrons. The van der Waals surface area contributed by atoms with Gasteiger partial charge in [0.15, 0.2) is 14.1 Å². The predicted molar refractivity (Wildman–Crippen MR) is 82.7 cm³/mol. The van der Waals surface area contributed by atoms with Crippen molar-refractivity contribution in [2.24, 2.45) is 0 Å². The van der Waals surface area contributed by atoms with Crippen molar-refractivity contribution >= 4 is 19.8 Å². The lowest BCUT2D eigenvalue weighted by Gasteiger charge is -2.36. The number of nitrogen functional groups attached to an aromatic ring is 1. The lowest BCUT2D eigenvalue weighted by Crippen LogP contribution is -2.41. The van der Waals surface area contributed by atoms with E-state index in [4.69, 9.17) is 10.2 Å². The Hall–Kier alpha value is -1.14. The van der Waals surface area contributed by atoms with Gasteiger partial charge in [-0.05, 0) is 24.6 Å². The average molecular weight is 282 g/mol. The molecule has 1 rings (SSSR count). The van der Waals surface area contributed by atoms with Crippen LogP contribution in [0.1, 0.15) is 27.2 Å². The molecule has 0 radical (unpaired) electrons. The molecule has 0 aliphatic heterocycles. The number of rotatable bonds is 6. The first-order valence-electron chi connectivity index (χ1n) is 6.67. The summed E-state index contributed by atoms with van der Waals surface area (Å²) < 4.78 is 6.10. The summed E-state index contributed by atoms with van der Waals surface area (Å²) in [5, 5.41) is 3.46. The maximum Gasteiger partial charge on any atom is 0.191 e. The molecule has 0 aromatic carbocycles. The monoisotopic (exact) mass is 282 g/mol. The van der Waals surface area contributed by atoms with Gasteiger partial charge in [-0.25, -0.2) is 9.97 Å². The molecule has 0 atom stereocenters. The van der Waals surface area contributed by atoms with Crippen LogP contribution in [0.3, 0.4) is 0 Å². The molecule has 0 unspecified atom stereocenters. The second kappa shape index (κ2) is 6.34. The van der Waals surface area contributed by atoms with Crippen LogP contribution in [0.2, 0.25) is 18.1 Å². The third-order valence-corrected chi connectivity index (χ3v) is 8.16. The van der Waals surface area contributed by atoms with Crippen molar-refractivity contribution in [3.8, 4) is 0 Å². The van der Waals surface area contributed by atoms with E-state index in [-0.39, 0.29) is 5.04 Å². The standard InChI is InChI=1S/C13H26N4OSi/c1-13(2,3)19(4,5)18-8-6-7-16-12-11(14)9-15-10-17-12/h9-10H,6-8,14H2,1-5H3,(H,15,16,17). The first-order valence-corrected chi connectivity index (χ1v) is 9.58. The molecule has 0 bridgehead atoms. The SMILES string of the molecule is CC(C)(C)[Si](C)(C)OCCCNc1ncncc1N. The minimum absolute atomic E-state index is 0.261. The van der Waals surface area contributed by atoms with Gasteiger partial charge in [-0.1, -0.05) is 20.8 Å². The molecule has 19 heavy (non-hydrogen) atoms. The normalized spacial score (nSPS) is 12.5. The number of anilines is 2. The third kappa shape index (κ3) is 4.79. The zero-order valence-electron chi connectivity index (χ0n) is 12.7. The van der Waals surface area contributed by atoms with Crippen LogP contribution in [0.25, 0.3) is 0 Å². The Morgan fingerprint density at radius 1 is 1.37 bits per heavy atom. The molecule has 5 nitrogen and oxygen atoms in total.